The van der Waals surface area contributed by atoms with Crippen molar-refractivity contribution < 1.29 is 0 Å². The van der Waals surface area contributed by atoms with E-state index in [1.54, 1.807) is 6.20 Å². The fraction of sp³-hybridized carbons (Fsp3) is 0.400. The summed E-state index contributed by atoms with van der Waals surface area (Å²) < 4.78 is 0. The summed E-state index contributed by atoms with van der Waals surface area (Å²) >= 11 is 0. The van der Waals surface area contributed by atoms with Crippen LogP contribution in [0.2, 0.25) is 0 Å². The zero-order valence-corrected chi connectivity index (χ0v) is 11.2. The van der Waals surface area contributed by atoms with E-state index in [1.165, 1.54) is 17.7 Å². The van der Waals surface area contributed by atoms with Crippen molar-refractivity contribution in [2.24, 2.45) is 0 Å². The van der Waals surface area contributed by atoms with E-state index >= 15 is 0 Å². The van der Waals surface area contributed by atoms with Crippen LogP contribution < -0.4 is 5.32 Å². The number of rotatable bonds is 4. The SMILES string of the molecule is CCNc1nc(Cc2cccnc2)nc2c1CCC2. The van der Waals surface area contributed by atoms with E-state index in [-0.39, 0.29) is 0 Å². The van der Waals surface area contributed by atoms with Crippen molar-refractivity contribution in [1.29, 1.82) is 0 Å². The highest BCUT2D eigenvalue weighted by atomic mass is 15.0. The molecule has 2 aromatic rings. The van der Waals surface area contributed by atoms with Crippen LogP contribution in [-0.2, 0) is 19.3 Å². The van der Waals surface area contributed by atoms with E-state index in [0.29, 0.717) is 0 Å². The molecule has 0 radical (unpaired) electrons. The first kappa shape index (κ1) is 12.1. The van der Waals surface area contributed by atoms with E-state index in [1.807, 2.05) is 12.3 Å². The number of anilines is 1. The van der Waals surface area contributed by atoms with Crippen LogP contribution in [-0.4, -0.2) is 21.5 Å². The molecule has 4 nitrogen and oxygen atoms in total. The molecule has 0 fully saturated rings. The second kappa shape index (κ2) is 5.34. The third-order valence-electron chi connectivity index (χ3n) is 3.41. The molecule has 1 aliphatic carbocycles. The maximum Gasteiger partial charge on any atom is 0.135 e. The zero-order valence-electron chi connectivity index (χ0n) is 11.2. The fourth-order valence-electron chi connectivity index (χ4n) is 2.56. The summed E-state index contributed by atoms with van der Waals surface area (Å²) in [6.07, 6.45) is 7.79. The quantitative estimate of drug-likeness (QED) is 0.910. The lowest BCUT2D eigenvalue weighted by Gasteiger charge is -2.10. The molecule has 0 bridgehead atoms. The van der Waals surface area contributed by atoms with Crippen molar-refractivity contribution in [3.05, 3.63) is 47.2 Å². The predicted molar refractivity (Wildman–Crippen MR) is 75.3 cm³/mol. The fourth-order valence-corrected chi connectivity index (χ4v) is 2.56. The van der Waals surface area contributed by atoms with Crippen molar-refractivity contribution in [1.82, 2.24) is 15.0 Å². The molecule has 19 heavy (non-hydrogen) atoms. The molecule has 0 spiro atoms. The lowest BCUT2D eigenvalue weighted by molar-refractivity contribution is 0.884. The highest BCUT2D eigenvalue weighted by molar-refractivity contribution is 5.49. The number of aryl methyl sites for hydroxylation is 1. The molecule has 0 unspecified atom stereocenters. The van der Waals surface area contributed by atoms with E-state index in [0.717, 1.165) is 43.0 Å². The normalized spacial score (nSPS) is 13.3. The van der Waals surface area contributed by atoms with Gasteiger partial charge in [0.2, 0.25) is 0 Å². The van der Waals surface area contributed by atoms with E-state index in [2.05, 4.69) is 28.3 Å². The first-order valence-electron chi connectivity index (χ1n) is 6.88. The van der Waals surface area contributed by atoms with Crippen LogP contribution >= 0.6 is 0 Å². The number of aromatic nitrogens is 3. The van der Waals surface area contributed by atoms with Gasteiger partial charge in [0, 0.05) is 36.6 Å². The largest absolute Gasteiger partial charge is 0.370 e. The van der Waals surface area contributed by atoms with E-state index in [9.17, 15) is 0 Å². The van der Waals surface area contributed by atoms with E-state index < -0.39 is 0 Å². The molecule has 98 valence electrons. The number of hydrogen-bond donors (Lipinski definition) is 1. The van der Waals surface area contributed by atoms with Gasteiger partial charge < -0.3 is 5.32 Å². The molecular weight excluding hydrogens is 236 g/mol. The minimum absolute atomic E-state index is 0.750. The minimum atomic E-state index is 0.750. The van der Waals surface area contributed by atoms with Gasteiger partial charge in [-0.1, -0.05) is 6.07 Å². The highest BCUT2D eigenvalue weighted by Crippen LogP contribution is 2.26. The Hall–Kier alpha value is -1.97. The molecule has 2 aromatic heterocycles. The molecule has 1 N–H and O–H groups in total. The summed E-state index contributed by atoms with van der Waals surface area (Å²) in [5, 5.41) is 3.37. The Bertz CT molecular complexity index is 566. The molecule has 2 heterocycles. The van der Waals surface area contributed by atoms with Crippen molar-refractivity contribution in [2.75, 3.05) is 11.9 Å². The molecule has 0 atom stereocenters. The van der Waals surface area contributed by atoms with Crippen molar-refractivity contribution in [3.8, 4) is 0 Å². The summed E-state index contributed by atoms with van der Waals surface area (Å²) in [4.78, 5) is 13.5. The average molecular weight is 254 g/mol. The van der Waals surface area contributed by atoms with Gasteiger partial charge in [0.1, 0.15) is 11.6 Å². The van der Waals surface area contributed by atoms with Gasteiger partial charge in [0.15, 0.2) is 0 Å². The number of nitrogens with zero attached hydrogens (tertiary/aromatic N) is 3. The number of nitrogens with one attached hydrogen (secondary N) is 1. The minimum Gasteiger partial charge on any atom is -0.370 e. The van der Waals surface area contributed by atoms with Gasteiger partial charge in [0.25, 0.3) is 0 Å². The van der Waals surface area contributed by atoms with Gasteiger partial charge in [-0.3, -0.25) is 4.98 Å². The molecule has 1 aliphatic rings. The second-order valence-corrected chi connectivity index (χ2v) is 4.84. The highest BCUT2D eigenvalue weighted by Gasteiger charge is 2.18. The van der Waals surface area contributed by atoms with Gasteiger partial charge in [0.05, 0.1) is 0 Å². The Kier molecular flexibility index (Phi) is 3.40. The summed E-state index contributed by atoms with van der Waals surface area (Å²) in [7, 11) is 0. The smallest absolute Gasteiger partial charge is 0.135 e. The maximum atomic E-state index is 4.71. The van der Waals surface area contributed by atoms with Crippen LogP contribution in [0.3, 0.4) is 0 Å². The molecule has 0 saturated carbocycles. The number of pyridine rings is 1. The monoisotopic (exact) mass is 254 g/mol. The summed E-state index contributed by atoms with van der Waals surface area (Å²) in [6, 6.07) is 4.02. The van der Waals surface area contributed by atoms with Crippen molar-refractivity contribution in [3.63, 3.8) is 0 Å². The Balaban J connectivity index is 1.92. The molecule has 0 aromatic carbocycles. The zero-order chi connectivity index (χ0) is 13.1. The summed E-state index contributed by atoms with van der Waals surface area (Å²) in [6.45, 7) is 3.00. The third kappa shape index (κ3) is 2.57. The standard InChI is InChI=1S/C15H18N4/c1-2-17-15-12-6-3-7-13(12)18-14(19-15)9-11-5-4-8-16-10-11/h4-5,8,10H,2-3,6-7,9H2,1H3,(H,17,18,19). The second-order valence-electron chi connectivity index (χ2n) is 4.84. The van der Waals surface area contributed by atoms with Gasteiger partial charge in [-0.25, -0.2) is 9.97 Å². The Morgan fingerprint density at radius 1 is 1.26 bits per heavy atom. The first-order valence-corrected chi connectivity index (χ1v) is 6.88. The lowest BCUT2D eigenvalue weighted by atomic mass is 10.2. The van der Waals surface area contributed by atoms with Crippen LogP contribution in [0.25, 0.3) is 0 Å². The Morgan fingerprint density at radius 2 is 2.21 bits per heavy atom. The number of fused-ring (bicyclic) bond motifs is 1. The molecule has 3 rings (SSSR count). The first-order chi connectivity index (χ1) is 9.36. The topological polar surface area (TPSA) is 50.7 Å². The van der Waals surface area contributed by atoms with Crippen molar-refractivity contribution >= 4 is 5.82 Å². The van der Waals surface area contributed by atoms with Crippen LogP contribution in [0.15, 0.2) is 24.5 Å². The lowest BCUT2D eigenvalue weighted by Crippen LogP contribution is -2.09. The summed E-state index contributed by atoms with van der Waals surface area (Å²) in [5.41, 5.74) is 3.70. The molecular formula is C15H18N4. The van der Waals surface area contributed by atoms with Crippen LogP contribution in [0.4, 0.5) is 5.82 Å². The van der Waals surface area contributed by atoms with Gasteiger partial charge in [-0.2, -0.15) is 0 Å². The molecule has 0 aliphatic heterocycles. The molecule has 0 amide bonds. The van der Waals surface area contributed by atoms with Crippen LogP contribution in [0.5, 0.6) is 0 Å². The Morgan fingerprint density at radius 3 is 3.00 bits per heavy atom. The predicted octanol–water partition coefficient (Wildman–Crippen LogP) is 2.38. The van der Waals surface area contributed by atoms with Gasteiger partial charge in [-0.15, -0.1) is 0 Å². The third-order valence-corrected chi connectivity index (χ3v) is 3.41. The number of hydrogen-bond acceptors (Lipinski definition) is 4. The average Bonchev–Trinajstić information content (AvgIpc) is 2.89. The van der Waals surface area contributed by atoms with Crippen molar-refractivity contribution in [2.45, 2.75) is 32.6 Å². The summed E-state index contributed by atoms with van der Waals surface area (Å²) in [5.74, 6) is 1.92. The Labute approximate surface area is 113 Å². The van der Waals surface area contributed by atoms with Crippen LogP contribution in [0.1, 0.15) is 36.0 Å². The molecule has 4 heteroatoms. The molecule has 0 saturated heterocycles. The van der Waals surface area contributed by atoms with Gasteiger partial charge >= 0.3 is 0 Å². The van der Waals surface area contributed by atoms with E-state index in [4.69, 9.17) is 4.98 Å². The van der Waals surface area contributed by atoms with Gasteiger partial charge in [-0.05, 0) is 37.8 Å². The van der Waals surface area contributed by atoms with Crippen LogP contribution in [0, 0.1) is 0 Å². The maximum absolute atomic E-state index is 4.71.